The summed E-state index contributed by atoms with van der Waals surface area (Å²) in [7, 11) is 0. The minimum absolute atomic E-state index is 0.134. The van der Waals surface area contributed by atoms with Gasteiger partial charge in [-0.15, -0.1) is 0 Å². The smallest absolute Gasteiger partial charge is 0.303 e. The van der Waals surface area contributed by atoms with Gasteiger partial charge in [-0.2, -0.15) is 0 Å². The molecule has 4 heteroatoms. The quantitative estimate of drug-likeness (QED) is 0.178. The first-order valence-corrected chi connectivity index (χ1v) is 8.86. The highest BCUT2D eigenvalue weighted by Crippen LogP contribution is 2.12. The van der Waals surface area contributed by atoms with Gasteiger partial charge in [-0.3, -0.25) is 4.79 Å². The lowest BCUT2D eigenvalue weighted by atomic mass is 10.1. The Morgan fingerprint density at radius 1 is 0.955 bits per heavy atom. The van der Waals surface area contributed by atoms with Crippen molar-refractivity contribution in [3.63, 3.8) is 0 Å². The predicted molar refractivity (Wildman–Crippen MR) is 88.0 cm³/mol. The fraction of sp³-hybridized carbons (Fsp3) is 0.833. The van der Waals surface area contributed by atoms with Gasteiger partial charge in [0.15, 0.2) is 0 Å². The van der Waals surface area contributed by atoms with Crippen LogP contribution in [-0.4, -0.2) is 17.2 Å². The summed E-state index contributed by atoms with van der Waals surface area (Å²) in [4.78, 5) is 14.6. The van der Waals surface area contributed by atoms with Crippen LogP contribution in [0.2, 0.25) is 0 Å². The first kappa shape index (κ1) is 21.1. The van der Waals surface area contributed by atoms with E-state index in [1.165, 1.54) is 12.8 Å². The van der Waals surface area contributed by atoms with E-state index in [9.17, 15) is 10.1 Å². The molecule has 129 valence electrons. The third-order valence-electron chi connectivity index (χ3n) is 3.85. The Morgan fingerprint density at radius 2 is 1.64 bits per heavy atom. The molecule has 0 amide bonds. The molecule has 0 aromatic heterocycles. The second-order valence-corrected chi connectivity index (χ2v) is 5.96. The highest BCUT2D eigenvalue weighted by molar-refractivity contribution is 5.66. The Balaban J connectivity index is 3.36. The van der Waals surface area contributed by atoms with E-state index in [1.54, 1.807) is 0 Å². The van der Waals surface area contributed by atoms with Crippen LogP contribution in [0, 0.1) is 0 Å². The molecule has 0 bridgehead atoms. The van der Waals surface area contributed by atoms with Crippen LogP contribution in [0.5, 0.6) is 0 Å². The molecule has 1 atom stereocenters. The zero-order chi connectivity index (χ0) is 16.5. The van der Waals surface area contributed by atoms with Gasteiger partial charge in [0.25, 0.3) is 0 Å². The monoisotopic (exact) mass is 313 g/mol. The van der Waals surface area contributed by atoms with E-state index < -0.39 is 5.97 Å². The number of carboxylic acids is 1. The second kappa shape index (κ2) is 16.5. The zero-order valence-electron chi connectivity index (χ0n) is 14.1. The molecule has 1 radical (unpaired) electrons. The first-order chi connectivity index (χ1) is 10.7. The third kappa shape index (κ3) is 15.5. The number of carbonyl (C=O) groups is 1. The van der Waals surface area contributed by atoms with E-state index in [1.807, 2.05) is 0 Å². The van der Waals surface area contributed by atoms with Crippen LogP contribution in [0.15, 0.2) is 12.2 Å². The summed E-state index contributed by atoms with van der Waals surface area (Å²) in [6.45, 7) is 2.15. The van der Waals surface area contributed by atoms with E-state index >= 15 is 0 Å². The van der Waals surface area contributed by atoms with Crippen molar-refractivity contribution in [3.05, 3.63) is 12.2 Å². The van der Waals surface area contributed by atoms with Crippen LogP contribution in [0.1, 0.15) is 90.4 Å². The second-order valence-electron chi connectivity index (χ2n) is 5.96. The number of rotatable bonds is 16. The fourth-order valence-electron chi connectivity index (χ4n) is 2.45. The van der Waals surface area contributed by atoms with Crippen molar-refractivity contribution in [2.45, 2.75) is 96.5 Å². The van der Waals surface area contributed by atoms with Crippen molar-refractivity contribution >= 4 is 5.97 Å². The summed E-state index contributed by atoms with van der Waals surface area (Å²) in [5.74, 6) is -0.696. The number of unbranched alkanes of at least 4 members (excludes halogenated alkanes) is 7. The van der Waals surface area contributed by atoms with Crippen molar-refractivity contribution in [1.82, 2.24) is 0 Å². The molecule has 0 aromatic rings. The van der Waals surface area contributed by atoms with Crippen LogP contribution >= 0.6 is 0 Å². The summed E-state index contributed by atoms with van der Waals surface area (Å²) >= 11 is 0. The van der Waals surface area contributed by atoms with E-state index in [2.05, 4.69) is 24.0 Å². The minimum atomic E-state index is -0.696. The van der Waals surface area contributed by atoms with Crippen LogP contribution in [0.4, 0.5) is 0 Å². The van der Waals surface area contributed by atoms with Crippen molar-refractivity contribution in [3.8, 4) is 0 Å². The Morgan fingerprint density at radius 3 is 2.32 bits per heavy atom. The number of aliphatic carboxylic acids is 1. The van der Waals surface area contributed by atoms with Crippen molar-refractivity contribution in [2.24, 2.45) is 0 Å². The van der Waals surface area contributed by atoms with E-state index in [0.29, 0.717) is 6.42 Å². The molecular formula is C18H33O4. The van der Waals surface area contributed by atoms with Crippen LogP contribution in [-0.2, 0) is 14.9 Å². The van der Waals surface area contributed by atoms with Crippen molar-refractivity contribution in [1.29, 1.82) is 0 Å². The lowest BCUT2D eigenvalue weighted by Crippen LogP contribution is -2.09. The van der Waals surface area contributed by atoms with Gasteiger partial charge < -0.3 is 5.11 Å². The van der Waals surface area contributed by atoms with E-state index in [-0.39, 0.29) is 6.10 Å². The van der Waals surface area contributed by atoms with Gasteiger partial charge in [-0.05, 0) is 43.8 Å². The standard InChI is InChI=1S/C18H33O4/c1-2-3-11-14-17(22-21)15-12-9-7-5-4-6-8-10-13-16-18(19)20/h7,9,17H,2-6,8,10-16H2,1H3,(H,19,20)/b9-7+. The molecule has 0 aliphatic carbocycles. The largest absolute Gasteiger partial charge is 0.481 e. The Bertz CT molecular complexity index is 276. The molecule has 0 heterocycles. The zero-order valence-corrected chi connectivity index (χ0v) is 14.1. The third-order valence-corrected chi connectivity index (χ3v) is 3.85. The molecule has 22 heavy (non-hydrogen) atoms. The van der Waals surface area contributed by atoms with Gasteiger partial charge in [0.2, 0.25) is 0 Å². The molecule has 0 saturated heterocycles. The van der Waals surface area contributed by atoms with Gasteiger partial charge in [0.1, 0.15) is 0 Å². The molecule has 4 nitrogen and oxygen atoms in total. The van der Waals surface area contributed by atoms with Crippen LogP contribution in [0.3, 0.4) is 0 Å². The van der Waals surface area contributed by atoms with Gasteiger partial charge in [0, 0.05) is 6.42 Å². The van der Waals surface area contributed by atoms with Gasteiger partial charge in [0.05, 0.1) is 6.10 Å². The number of carboxylic acid groups (broad SMARTS) is 1. The van der Waals surface area contributed by atoms with E-state index in [0.717, 1.165) is 64.2 Å². The van der Waals surface area contributed by atoms with Gasteiger partial charge in [-0.1, -0.05) is 57.6 Å². The molecule has 0 aliphatic heterocycles. The minimum Gasteiger partial charge on any atom is -0.481 e. The molecule has 0 fully saturated rings. The Kier molecular flexibility index (Phi) is 15.8. The predicted octanol–water partition coefficient (Wildman–Crippen LogP) is 5.45. The molecule has 0 aliphatic rings. The average Bonchev–Trinajstić information content (AvgIpc) is 2.50. The van der Waals surface area contributed by atoms with Gasteiger partial charge >= 0.3 is 5.97 Å². The lowest BCUT2D eigenvalue weighted by molar-refractivity contribution is -0.336. The molecule has 0 aromatic carbocycles. The average molecular weight is 313 g/mol. The number of hydrogen-bond acceptors (Lipinski definition) is 2. The SMILES string of the molecule is CCCCCC(CC/C=C/CCCCCCCC(=O)O)O[O]. The van der Waals surface area contributed by atoms with Crippen LogP contribution in [0.25, 0.3) is 0 Å². The molecule has 1 unspecified atom stereocenters. The fourth-order valence-corrected chi connectivity index (χ4v) is 2.45. The molecular weight excluding hydrogens is 280 g/mol. The summed E-state index contributed by atoms with van der Waals surface area (Å²) in [5.41, 5.74) is 0. The molecule has 0 spiro atoms. The summed E-state index contributed by atoms with van der Waals surface area (Å²) in [5, 5.41) is 19.1. The van der Waals surface area contributed by atoms with Crippen molar-refractivity contribution < 1.29 is 20.0 Å². The number of allylic oxidation sites excluding steroid dienone is 2. The van der Waals surface area contributed by atoms with Crippen molar-refractivity contribution in [2.75, 3.05) is 0 Å². The maximum Gasteiger partial charge on any atom is 0.303 e. The van der Waals surface area contributed by atoms with Crippen LogP contribution < -0.4 is 0 Å². The molecule has 0 saturated carbocycles. The summed E-state index contributed by atoms with van der Waals surface area (Å²) in [6, 6.07) is 0. The summed E-state index contributed by atoms with van der Waals surface area (Å²) in [6.07, 6.45) is 16.8. The first-order valence-electron chi connectivity index (χ1n) is 8.86. The normalized spacial score (nSPS) is 12.8. The summed E-state index contributed by atoms with van der Waals surface area (Å²) < 4.78 is 0. The molecule has 1 N–H and O–H groups in total. The van der Waals surface area contributed by atoms with E-state index in [4.69, 9.17) is 5.11 Å². The highest BCUT2D eigenvalue weighted by atomic mass is 17.1. The highest BCUT2D eigenvalue weighted by Gasteiger charge is 2.07. The maximum atomic E-state index is 10.6. The van der Waals surface area contributed by atoms with Gasteiger partial charge in [-0.25, -0.2) is 4.89 Å². The Labute approximate surface area is 135 Å². The molecule has 0 rings (SSSR count). The Hall–Kier alpha value is -0.870. The topological polar surface area (TPSA) is 66.4 Å². The number of hydrogen-bond donors (Lipinski definition) is 1. The lowest BCUT2D eigenvalue weighted by Gasteiger charge is -2.09. The maximum absolute atomic E-state index is 10.6.